The molecule has 2 N–H and O–H groups in total. The van der Waals surface area contributed by atoms with Gasteiger partial charge in [0, 0.05) is 37.9 Å². The van der Waals surface area contributed by atoms with Gasteiger partial charge in [-0.3, -0.25) is 14.8 Å². The Hall–Kier alpha value is -2.57. The van der Waals surface area contributed by atoms with E-state index in [2.05, 4.69) is 20.6 Å². The maximum atomic E-state index is 12.7. The van der Waals surface area contributed by atoms with Crippen molar-refractivity contribution in [2.75, 3.05) is 13.1 Å². The summed E-state index contributed by atoms with van der Waals surface area (Å²) in [6.07, 6.45) is 8.78. The summed E-state index contributed by atoms with van der Waals surface area (Å²) < 4.78 is 0. The van der Waals surface area contributed by atoms with E-state index < -0.39 is 0 Å². The molecule has 3 heterocycles. The number of rotatable bonds is 9. The van der Waals surface area contributed by atoms with Gasteiger partial charge in [0.1, 0.15) is 6.04 Å². The summed E-state index contributed by atoms with van der Waals surface area (Å²) >= 11 is 1.60. The molecule has 3 aromatic heterocycles. The molecule has 0 spiro atoms. The van der Waals surface area contributed by atoms with E-state index in [4.69, 9.17) is 0 Å². The number of hydrogen-bond donors (Lipinski definition) is 2. The van der Waals surface area contributed by atoms with Crippen LogP contribution in [0.5, 0.6) is 0 Å². The summed E-state index contributed by atoms with van der Waals surface area (Å²) in [5.41, 5.74) is 3.32. The Labute approximate surface area is 157 Å². The molecule has 0 radical (unpaired) electrons. The molecule has 0 saturated carbocycles. The van der Waals surface area contributed by atoms with E-state index in [9.17, 15) is 4.79 Å². The van der Waals surface area contributed by atoms with Crippen molar-refractivity contribution in [3.05, 3.63) is 82.6 Å². The summed E-state index contributed by atoms with van der Waals surface area (Å²) in [5.74, 6) is 0.00337. The van der Waals surface area contributed by atoms with Crippen molar-refractivity contribution in [1.29, 1.82) is 0 Å². The van der Waals surface area contributed by atoms with Gasteiger partial charge in [-0.25, -0.2) is 0 Å². The largest absolute Gasteiger partial charge is 0.354 e. The van der Waals surface area contributed by atoms with Crippen molar-refractivity contribution in [2.24, 2.45) is 0 Å². The topological polar surface area (TPSA) is 66.9 Å². The highest BCUT2D eigenvalue weighted by Gasteiger charge is 2.19. The normalized spacial score (nSPS) is 11.8. The second-order valence-electron chi connectivity index (χ2n) is 5.95. The lowest BCUT2D eigenvalue weighted by atomic mass is 10.1. The van der Waals surface area contributed by atoms with E-state index in [1.54, 1.807) is 29.9 Å². The van der Waals surface area contributed by atoms with Crippen LogP contribution in [-0.4, -0.2) is 29.0 Å². The fourth-order valence-electron chi connectivity index (χ4n) is 2.69. The van der Waals surface area contributed by atoms with Gasteiger partial charge in [0.05, 0.1) is 0 Å². The van der Waals surface area contributed by atoms with Crippen LogP contribution in [0.1, 0.15) is 22.7 Å². The number of amides is 1. The molecule has 0 bridgehead atoms. The number of thiophene rings is 1. The zero-order chi connectivity index (χ0) is 18.0. The monoisotopic (exact) mass is 366 g/mol. The lowest BCUT2D eigenvalue weighted by Gasteiger charge is -2.18. The van der Waals surface area contributed by atoms with Gasteiger partial charge in [-0.2, -0.15) is 11.3 Å². The van der Waals surface area contributed by atoms with Crippen LogP contribution in [0.4, 0.5) is 0 Å². The Morgan fingerprint density at radius 3 is 2.58 bits per heavy atom. The first kappa shape index (κ1) is 18.2. The van der Waals surface area contributed by atoms with Crippen molar-refractivity contribution < 1.29 is 4.79 Å². The number of carbonyl (C=O) groups is 1. The third-order valence-electron chi connectivity index (χ3n) is 4.09. The van der Waals surface area contributed by atoms with Crippen molar-refractivity contribution >= 4 is 17.2 Å². The number of pyridine rings is 2. The second kappa shape index (κ2) is 9.79. The van der Waals surface area contributed by atoms with Crippen LogP contribution in [0.25, 0.3) is 0 Å². The minimum atomic E-state index is -0.338. The van der Waals surface area contributed by atoms with Crippen LogP contribution in [0, 0.1) is 0 Å². The standard InChI is InChI=1S/C20H22N4OS/c25-20(24-12-5-16-3-9-21-10-4-16)19(18-7-13-26-15-18)23-11-6-17-2-1-8-22-14-17/h1-4,7-10,13-15,19,23H,5-6,11-12H2,(H,24,25). The first-order chi connectivity index (χ1) is 12.8. The molecule has 3 aromatic rings. The average Bonchev–Trinajstić information content (AvgIpc) is 3.21. The zero-order valence-electron chi connectivity index (χ0n) is 14.5. The summed E-state index contributed by atoms with van der Waals surface area (Å²) in [5, 5.41) is 10.4. The molecule has 6 heteroatoms. The summed E-state index contributed by atoms with van der Waals surface area (Å²) in [6, 6.07) is 9.56. The Morgan fingerprint density at radius 1 is 1.00 bits per heavy atom. The Balaban J connectivity index is 1.52. The van der Waals surface area contributed by atoms with Crippen LogP contribution in [0.2, 0.25) is 0 Å². The average molecular weight is 366 g/mol. The SMILES string of the molecule is O=C(NCCc1ccncc1)C(NCCc1cccnc1)c1ccsc1. The number of hydrogen-bond acceptors (Lipinski definition) is 5. The summed E-state index contributed by atoms with van der Waals surface area (Å²) in [4.78, 5) is 20.8. The summed E-state index contributed by atoms with van der Waals surface area (Å²) in [6.45, 7) is 1.32. The van der Waals surface area contributed by atoms with Gasteiger partial charge in [0.25, 0.3) is 0 Å². The van der Waals surface area contributed by atoms with Gasteiger partial charge < -0.3 is 10.6 Å². The Morgan fingerprint density at radius 2 is 1.85 bits per heavy atom. The van der Waals surface area contributed by atoms with Gasteiger partial charge in [0.15, 0.2) is 0 Å². The number of nitrogens with one attached hydrogen (secondary N) is 2. The number of carbonyl (C=O) groups excluding carboxylic acids is 1. The molecular formula is C20H22N4OS. The highest BCUT2D eigenvalue weighted by atomic mass is 32.1. The first-order valence-corrected chi connectivity index (χ1v) is 9.58. The molecule has 5 nitrogen and oxygen atoms in total. The van der Waals surface area contributed by atoms with Crippen molar-refractivity contribution in [3.8, 4) is 0 Å². The molecule has 0 saturated heterocycles. The molecule has 0 aromatic carbocycles. The van der Waals surface area contributed by atoms with Gasteiger partial charge in [-0.1, -0.05) is 6.07 Å². The zero-order valence-corrected chi connectivity index (χ0v) is 15.3. The van der Waals surface area contributed by atoms with E-state index in [0.29, 0.717) is 13.1 Å². The van der Waals surface area contributed by atoms with Gasteiger partial charge in [-0.15, -0.1) is 0 Å². The van der Waals surface area contributed by atoms with Gasteiger partial charge in [-0.05, 0) is 64.6 Å². The molecule has 3 rings (SSSR count). The smallest absolute Gasteiger partial charge is 0.241 e. The van der Waals surface area contributed by atoms with Crippen molar-refractivity contribution in [2.45, 2.75) is 18.9 Å². The number of aromatic nitrogens is 2. The fourth-order valence-corrected chi connectivity index (χ4v) is 3.38. The van der Waals surface area contributed by atoms with E-state index in [1.807, 2.05) is 47.3 Å². The van der Waals surface area contributed by atoms with Crippen LogP contribution in [0.3, 0.4) is 0 Å². The minimum Gasteiger partial charge on any atom is -0.354 e. The lowest BCUT2D eigenvalue weighted by molar-refractivity contribution is -0.123. The maximum Gasteiger partial charge on any atom is 0.241 e. The molecule has 1 unspecified atom stereocenters. The second-order valence-corrected chi connectivity index (χ2v) is 6.73. The van der Waals surface area contributed by atoms with E-state index >= 15 is 0 Å². The summed E-state index contributed by atoms with van der Waals surface area (Å²) in [7, 11) is 0. The Bertz CT molecular complexity index is 778. The highest BCUT2D eigenvalue weighted by Crippen LogP contribution is 2.17. The van der Waals surface area contributed by atoms with E-state index in [-0.39, 0.29) is 11.9 Å². The van der Waals surface area contributed by atoms with Gasteiger partial charge in [0.2, 0.25) is 5.91 Å². The van der Waals surface area contributed by atoms with Crippen molar-refractivity contribution in [3.63, 3.8) is 0 Å². The Kier molecular flexibility index (Phi) is 6.87. The van der Waals surface area contributed by atoms with Crippen LogP contribution in [-0.2, 0) is 17.6 Å². The third-order valence-corrected chi connectivity index (χ3v) is 4.79. The van der Waals surface area contributed by atoms with E-state index in [1.165, 1.54) is 0 Å². The van der Waals surface area contributed by atoms with Gasteiger partial charge >= 0.3 is 0 Å². The molecule has 134 valence electrons. The molecule has 0 fully saturated rings. The molecule has 0 aliphatic carbocycles. The molecule has 1 amide bonds. The predicted molar refractivity (Wildman–Crippen MR) is 104 cm³/mol. The van der Waals surface area contributed by atoms with Crippen molar-refractivity contribution in [1.82, 2.24) is 20.6 Å². The quantitative estimate of drug-likeness (QED) is 0.611. The minimum absolute atomic E-state index is 0.00337. The fraction of sp³-hybridized carbons (Fsp3) is 0.250. The van der Waals surface area contributed by atoms with E-state index in [0.717, 1.165) is 29.5 Å². The molecule has 1 atom stereocenters. The highest BCUT2D eigenvalue weighted by molar-refractivity contribution is 7.08. The van der Waals surface area contributed by atoms with Crippen LogP contribution in [0.15, 0.2) is 65.9 Å². The molecule has 26 heavy (non-hydrogen) atoms. The third kappa shape index (κ3) is 5.47. The predicted octanol–water partition coefficient (Wildman–Crippen LogP) is 2.77. The molecule has 0 aliphatic heterocycles. The molecule has 0 aliphatic rings. The lowest BCUT2D eigenvalue weighted by Crippen LogP contribution is -2.39. The van der Waals surface area contributed by atoms with Crippen LogP contribution < -0.4 is 10.6 Å². The first-order valence-electron chi connectivity index (χ1n) is 8.64. The van der Waals surface area contributed by atoms with Crippen LogP contribution >= 0.6 is 11.3 Å². The number of nitrogens with zero attached hydrogens (tertiary/aromatic N) is 2. The molecular weight excluding hydrogens is 344 g/mol. The maximum absolute atomic E-state index is 12.7.